The summed E-state index contributed by atoms with van der Waals surface area (Å²) in [7, 11) is 1.15. The van der Waals surface area contributed by atoms with Gasteiger partial charge in [0.1, 0.15) is 17.0 Å². The molecule has 35 heavy (non-hydrogen) atoms. The molecule has 2 heterocycles. The summed E-state index contributed by atoms with van der Waals surface area (Å²) in [6, 6.07) is 3.48. The first-order chi connectivity index (χ1) is 16.5. The summed E-state index contributed by atoms with van der Waals surface area (Å²) in [6.07, 6.45) is -2.92. The maximum absolute atomic E-state index is 13.3. The van der Waals surface area contributed by atoms with E-state index in [-0.39, 0.29) is 42.3 Å². The van der Waals surface area contributed by atoms with Gasteiger partial charge in [-0.15, -0.1) is 5.10 Å². The van der Waals surface area contributed by atoms with E-state index < -0.39 is 29.2 Å². The number of carboxylic acids is 1. The molecule has 1 aromatic carbocycles. The predicted molar refractivity (Wildman–Crippen MR) is 115 cm³/mol. The zero-order chi connectivity index (χ0) is 25.4. The number of carbonyl (C=O) groups is 2. The zero-order valence-electron chi connectivity index (χ0n) is 19.0. The number of nitrogens with zero attached hydrogens (tertiary/aromatic N) is 5. The number of benzene rings is 1. The van der Waals surface area contributed by atoms with Crippen LogP contribution in [0, 0.1) is 5.92 Å². The Morgan fingerprint density at radius 2 is 1.89 bits per heavy atom. The lowest BCUT2D eigenvalue weighted by atomic mass is 9.68. The van der Waals surface area contributed by atoms with Crippen molar-refractivity contribution in [2.45, 2.75) is 31.0 Å². The number of rotatable bonds is 7. The molecule has 0 atom stereocenters. The second kappa shape index (κ2) is 9.46. The minimum absolute atomic E-state index is 0.0539. The highest BCUT2D eigenvalue weighted by Gasteiger charge is 2.50. The summed E-state index contributed by atoms with van der Waals surface area (Å²) in [6.45, 7) is 2.60. The van der Waals surface area contributed by atoms with Gasteiger partial charge in [0.2, 0.25) is 5.91 Å². The lowest BCUT2D eigenvalue weighted by molar-refractivity contribution is -0.155. The zero-order valence-corrected chi connectivity index (χ0v) is 19.0. The molecule has 1 aromatic heterocycles. The molecule has 13 heteroatoms. The molecule has 2 N–H and O–H groups in total. The van der Waals surface area contributed by atoms with Gasteiger partial charge in [-0.2, -0.15) is 13.2 Å². The summed E-state index contributed by atoms with van der Waals surface area (Å²) in [5.74, 6) is -1.65. The minimum Gasteiger partial charge on any atom is -0.496 e. The molecule has 0 radical (unpaired) electrons. The van der Waals surface area contributed by atoms with Crippen molar-refractivity contribution in [1.82, 2.24) is 24.8 Å². The van der Waals surface area contributed by atoms with Crippen LogP contribution in [0.2, 0.25) is 0 Å². The number of piperazine rings is 1. The standard InChI is InChI=1S/C22H26F3N5O5/c1-35-17-3-2-15(10-16(17)22(23,24)25)30-13-18(26-27-30)21(34)11-14(12-21)20(33)29-8-6-28(7-9-29)5-4-19(31)32/h2-3,10,13-14,34H,4-9,11-12H2,1H3,(H,31,32). The summed E-state index contributed by atoms with van der Waals surface area (Å²) in [5, 5.41) is 27.5. The second-order valence-corrected chi connectivity index (χ2v) is 8.88. The van der Waals surface area contributed by atoms with Crippen LogP contribution in [0.1, 0.15) is 30.5 Å². The number of hydrogen-bond donors (Lipinski definition) is 2. The molecule has 1 saturated heterocycles. The Balaban J connectivity index is 1.37. The van der Waals surface area contributed by atoms with Crippen molar-refractivity contribution >= 4 is 11.9 Å². The van der Waals surface area contributed by atoms with Crippen LogP contribution in [0.3, 0.4) is 0 Å². The Morgan fingerprint density at radius 1 is 1.20 bits per heavy atom. The van der Waals surface area contributed by atoms with Gasteiger partial charge >= 0.3 is 12.1 Å². The third-order valence-electron chi connectivity index (χ3n) is 6.57. The monoisotopic (exact) mass is 497 g/mol. The van der Waals surface area contributed by atoms with E-state index in [9.17, 15) is 27.9 Å². The lowest BCUT2D eigenvalue weighted by Gasteiger charge is -2.44. The van der Waals surface area contributed by atoms with Crippen LogP contribution >= 0.6 is 0 Å². The van der Waals surface area contributed by atoms with Gasteiger partial charge < -0.3 is 19.8 Å². The number of halogens is 3. The number of hydrogen-bond acceptors (Lipinski definition) is 7. The van der Waals surface area contributed by atoms with E-state index in [1.54, 1.807) is 4.90 Å². The maximum Gasteiger partial charge on any atom is 0.420 e. The van der Waals surface area contributed by atoms with E-state index in [1.165, 1.54) is 18.3 Å². The fourth-order valence-corrected chi connectivity index (χ4v) is 4.51. The van der Waals surface area contributed by atoms with E-state index in [0.717, 1.165) is 17.9 Å². The van der Waals surface area contributed by atoms with Crippen molar-refractivity contribution in [2.24, 2.45) is 5.92 Å². The molecular formula is C22H26F3N5O5. The summed E-state index contributed by atoms with van der Waals surface area (Å²) < 4.78 is 45.9. The van der Waals surface area contributed by atoms with Gasteiger partial charge in [0.25, 0.3) is 0 Å². The van der Waals surface area contributed by atoms with Gasteiger partial charge in [-0.25, -0.2) is 4.68 Å². The number of ether oxygens (including phenoxy) is 1. The number of aliphatic hydroxyl groups is 1. The van der Waals surface area contributed by atoms with Gasteiger partial charge in [-0.05, 0) is 31.0 Å². The van der Waals surface area contributed by atoms with Crippen LogP contribution in [-0.2, 0) is 21.4 Å². The normalized spacial score (nSPS) is 23.1. The van der Waals surface area contributed by atoms with Crippen LogP contribution < -0.4 is 4.74 Å². The van der Waals surface area contributed by atoms with Gasteiger partial charge in [-0.1, -0.05) is 5.21 Å². The van der Waals surface area contributed by atoms with Crippen molar-refractivity contribution < 1.29 is 37.7 Å². The molecule has 2 aliphatic rings. The molecule has 10 nitrogen and oxygen atoms in total. The Kier molecular flexibility index (Phi) is 6.73. The Morgan fingerprint density at radius 3 is 2.49 bits per heavy atom. The number of carboxylic acid groups (broad SMARTS) is 1. The smallest absolute Gasteiger partial charge is 0.420 e. The average molecular weight is 497 g/mol. The Bertz CT molecular complexity index is 1090. The van der Waals surface area contributed by atoms with E-state index >= 15 is 0 Å². The van der Waals surface area contributed by atoms with Crippen LogP contribution in [0.25, 0.3) is 5.69 Å². The first-order valence-electron chi connectivity index (χ1n) is 11.1. The van der Waals surface area contributed by atoms with E-state index in [4.69, 9.17) is 9.84 Å². The van der Waals surface area contributed by atoms with Gasteiger partial charge in [0, 0.05) is 38.6 Å². The largest absolute Gasteiger partial charge is 0.496 e. The number of carbonyl (C=O) groups excluding carboxylic acids is 1. The van der Waals surface area contributed by atoms with Crippen LogP contribution in [0.4, 0.5) is 13.2 Å². The fourth-order valence-electron chi connectivity index (χ4n) is 4.51. The maximum atomic E-state index is 13.3. The number of aromatic nitrogens is 3. The number of methoxy groups -OCH3 is 1. The molecule has 2 fully saturated rings. The van der Waals surface area contributed by atoms with Gasteiger partial charge in [-0.3, -0.25) is 14.5 Å². The first-order valence-corrected chi connectivity index (χ1v) is 11.1. The van der Waals surface area contributed by atoms with Crippen molar-refractivity contribution in [3.05, 3.63) is 35.7 Å². The van der Waals surface area contributed by atoms with Crippen LogP contribution in [0.15, 0.2) is 24.4 Å². The van der Waals surface area contributed by atoms with E-state index in [2.05, 4.69) is 10.3 Å². The van der Waals surface area contributed by atoms with Crippen LogP contribution in [-0.4, -0.2) is 86.7 Å². The molecule has 0 spiro atoms. The molecule has 1 amide bonds. The first kappa shape index (κ1) is 24.9. The molecule has 4 rings (SSSR count). The highest BCUT2D eigenvalue weighted by molar-refractivity contribution is 5.80. The summed E-state index contributed by atoms with van der Waals surface area (Å²) in [5.41, 5.74) is -2.05. The molecule has 1 aliphatic carbocycles. The highest BCUT2D eigenvalue weighted by atomic mass is 19.4. The van der Waals surface area contributed by atoms with Crippen molar-refractivity contribution in [1.29, 1.82) is 0 Å². The van der Waals surface area contributed by atoms with E-state index in [0.29, 0.717) is 32.7 Å². The SMILES string of the molecule is COc1ccc(-n2cc(C3(O)CC(C(=O)N4CCN(CCC(=O)O)CC4)C3)nn2)cc1C(F)(F)F. The summed E-state index contributed by atoms with van der Waals surface area (Å²) >= 11 is 0. The van der Waals surface area contributed by atoms with Gasteiger partial charge in [0.15, 0.2) is 0 Å². The van der Waals surface area contributed by atoms with Gasteiger partial charge in [0.05, 0.1) is 31.0 Å². The second-order valence-electron chi connectivity index (χ2n) is 8.88. The number of aliphatic carboxylic acids is 1. The molecule has 2 aromatic rings. The number of amides is 1. The molecular weight excluding hydrogens is 471 g/mol. The lowest BCUT2D eigenvalue weighted by Crippen LogP contribution is -2.54. The Labute approximate surface area is 198 Å². The average Bonchev–Trinajstić information content (AvgIpc) is 3.30. The molecule has 0 unspecified atom stereocenters. The third kappa shape index (κ3) is 5.25. The van der Waals surface area contributed by atoms with Crippen molar-refractivity contribution in [3.63, 3.8) is 0 Å². The molecule has 190 valence electrons. The minimum atomic E-state index is -4.62. The predicted octanol–water partition coefficient (Wildman–Crippen LogP) is 1.51. The highest BCUT2D eigenvalue weighted by Crippen LogP contribution is 2.46. The third-order valence-corrected chi connectivity index (χ3v) is 6.57. The van der Waals surface area contributed by atoms with Crippen LogP contribution in [0.5, 0.6) is 5.75 Å². The van der Waals surface area contributed by atoms with Crippen molar-refractivity contribution in [3.8, 4) is 11.4 Å². The number of alkyl halides is 3. The van der Waals surface area contributed by atoms with E-state index in [1.807, 2.05) is 4.90 Å². The van der Waals surface area contributed by atoms with Crippen molar-refractivity contribution in [2.75, 3.05) is 39.8 Å². The Hall–Kier alpha value is -3.19. The molecule has 0 bridgehead atoms. The fraction of sp³-hybridized carbons (Fsp3) is 0.545. The quantitative estimate of drug-likeness (QED) is 0.591. The molecule has 1 saturated carbocycles. The summed E-state index contributed by atoms with van der Waals surface area (Å²) in [4.78, 5) is 27.3. The molecule has 1 aliphatic heterocycles. The topological polar surface area (TPSA) is 121 Å².